The number of ether oxygens (including phenoxy) is 2. The van der Waals surface area contributed by atoms with Crippen molar-refractivity contribution in [2.24, 2.45) is 5.92 Å². The molecule has 1 aromatic heterocycles. The Morgan fingerprint density at radius 1 is 1.09 bits per heavy atom. The van der Waals surface area contributed by atoms with Gasteiger partial charge in [0.1, 0.15) is 12.6 Å². The number of rotatable bonds is 8. The van der Waals surface area contributed by atoms with Crippen LogP contribution in [0, 0.1) is 5.92 Å². The molecule has 1 saturated carbocycles. The molecule has 4 rings (SSSR count). The van der Waals surface area contributed by atoms with Crippen LogP contribution in [-0.4, -0.2) is 54.1 Å². The minimum absolute atomic E-state index is 0.0422. The minimum Gasteiger partial charge on any atom is -0.475 e. The molecular formula is C25H31N3O4. The van der Waals surface area contributed by atoms with Crippen molar-refractivity contribution in [3.05, 3.63) is 59.8 Å². The highest BCUT2D eigenvalue weighted by molar-refractivity contribution is 5.98. The van der Waals surface area contributed by atoms with E-state index in [9.17, 15) is 9.59 Å². The molecule has 2 aromatic rings. The normalized spacial score (nSPS) is 22.3. The molecule has 1 aliphatic carbocycles. The number of carbonyl (C=O) groups excluding carboxylic acids is 2. The van der Waals surface area contributed by atoms with Gasteiger partial charge in [-0.05, 0) is 42.9 Å². The van der Waals surface area contributed by atoms with E-state index in [1.807, 2.05) is 41.3 Å². The van der Waals surface area contributed by atoms with Crippen molar-refractivity contribution in [3.63, 3.8) is 0 Å². The Kier molecular flexibility index (Phi) is 7.37. The molecule has 0 radical (unpaired) electrons. The summed E-state index contributed by atoms with van der Waals surface area (Å²) in [6.07, 6.45) is 6.78. The molecule has 1 N–H and O–H groups in total. The van der Waals surface area contributed by atoms with E-state index >= 15 is 0 Å². The van der Waals surface area contributed by atoms with Gasteiger partial charge in [-0.3, -0.25) is 9.59 Å². The van der Waals surface area contributed by atoms with Gasteiger partial charge in [-0.15, -0.1) is 0 Å². The lowest BCUT2D eigenvalue weighted by Crippen LogP contribution is -2.49. The molecule has 2 aliphatic rings. The molecule has 3 atom stereocenters. The number of nitrogens with one attached hydrogen (secondary N) is 1. The second-order valence-corrected chi connectivity index (χ2v) is 8.51. The highest BCUT2D eigenvalue weighted by Crippen LogP contribution is 2.40. The lowest BCUT2D eigenvalue weighted by Gasteiger charge is -2.33. The highest BCUT2D eigenvalue weighted by Gasteiger charge is 2.47. The Labute approximate surface area is 189 Å². The average Bonchev–Trinajstić information content (AvgIpc) is 3.23. The summed E-state index contributed by atoms with van der Waals surface area (Å²) >= 11 is 0. The van der Waals surface area contributed by atoms with Gasteiger partial charge in [0.25, 0.3) is 5.91 Å². The second-order valence-electron chi connectivity index (χ2n) is 8.51. The summed E-state index contributed by atoms with van der Waals surface area (Å²) in [6.45, 7) is 1.30. The fraction of sp³-hybridized carbons (Fsp3) is 0.480. The summed E-state index contributed by atoms with van der Waals surface area (Å²) in [5.74, 6) is 0.789. The number of fused-ring (bicyclic) bond motifs is 1. The molecule has 32 heavy (non-hydrogen) atoms. The van der Waals surface area contributed by atoms with E-state index in [-0.39, 0.29) is 17.9 Å². The summed E-state index contributed by atoms with van der Waals surface area (Å²) < 4.78 is 10.4. The van der Waals surface area contributed by atoms with Gasteiger partial charge in [0.2, 0.25) is 11.8 Å². The third-order valence-corrected chi connectivity index (χ3v) is 6.45. The SMILES string of the molecule is COCCOc1ccc(CNC(=O)C2CC3CCCCC3N2C(=O)c2ccccc2)cn1. The zero-order valence-corrected chi connectivity index (χ0v) is 18.5. The Bertz CT molecular complexity index is 903. The topological polar surface area (TPSA) is 80.8 Å². The summed E-state index contributed by atoms with van der Waals surface area (Å²) in [5, 5.41) is 3.03. The fourth-order valence-electron chi connectivity index (χ4n) is 4.85. The summed E-state index contributed by atoms with van der Waals surface area (Å²) in [5.41, 5.74) is 1.53. The van der Waals surface area contributed by atoms with Crippen LogP contribution in [-0.2, 0) is 16.1 Å². The summed E-state index contributed by atoms with van der Waals surface area (Å²) in [4.78, 5) is 32.7. The fourth-order valence-corrected chi connectivity index (χ4v) is 4.85. The predicted octanol–water partition coefficient (Wildman–Crippen LogP) is 3.20. The lowest BCUT2D eigenvalue weighted by atomic mass is 9.84. The van der Waals surface area contributed by atoms with Crippen molar-refractivity contribution in [2.45, 2.75) is 50.7 Å². The third-order valence-electron chi connectivity index (χ3n) is 6.45. The third kappa shape index (κ3) is 5.10. The smallest absolute Gasteiger partial charge is 0.254 e. The van der Waals surface area contributed by atoms with Crippen LogP contribution >= 0.6 is 0 Å². The maximum atomic E-state index is 13.3. The van der Waals surface area contributed by atoms with Gasteiger partial charge >= 0.3 is 0 Å². The van der Waals surface area contributed by atoms with Crippen molar-refractivity contribution >= 4 is 11.8 Å². The molecule has 7 heteroatoms. The molecule has 7 nitrogen and oxygen atoms in total. The quantitative estimate of drug-likeness (QED) is 0.642. The van der Waals surface area contributed by atoms with Crippen LogP contribution < -0.4 is 10.1 Å². The number of hydrogen-bond acceptors (Lipinski definition) is 5. The maximum absolute atomic E-state index is 13.3. The van der Waals surface area contributed by atoms with Gasteiger partial charge in [0.05, 0.1) is 6.61 Å². The zero-order chi connectivity index (χ0) is 22.3. The van der Waals surface area contributed by atoms with Gasteiger partial charge in [0.15, 0.2) is 0 Å². The van der Waals surface area contributed by atoms with Crippen molar-refractivity contribution in [1.29, 1.82) is 0 Å². The first-order valence-electron chi connectivity index (χ1n) is 11.4. The summed E-state index contributed by atoms with van der Waals surface area (Å²) in [7, 11) is 1.62. The first-order valence-corrected chi connectivity index (χ1v) is 11.4. The number of pyridine rings is 1. The monoisotopic (exact) mass is 437 g/mol. The van der Waals surface area contributed by atoms with Crippen LogP contribution in [0.1, 0.15) is 48.0 Å². The molecule has 1 aromatic carbocycles. The van der Waals surface area contributed by atoms with E-state index in [4.69, 9.17) is 9.47 Å². The van der Waals surface area contributed by atoms with Crippen LogP contribution in [0.3, 0.4) is 0 Å². The number of nitrogens with zero attached hydrogens (tertiary/aromatic N) is 2. The Morgan fingerprint density at radius 3 is 2.66 bits per heavy atom. The van der Waals surface area contributed by atoms with Crippen LogP contribution in [0.15, 0.2) is 48.7 Å². The van der Waals surface area contributed by atoms with E-state index < -0.39 is 6.04 Å². The van der Waals surface area contributed by atoms with Crippen LogP contribution in [0.2, 0.25) is 0 Å². The highest BCUT2D eigenvalue weighted by atomic mass is 16.5. The Morgan fingerprint density at radius 2 is 1.91 bits per heavy atom. The van der Waals surface area contributed by atoms with Crippen LogP contribution in [0.25, 0.3) is 0 Å². The Hall–Kier alpha value is -2.93. The minimum atomic E-state index is -0.430. The predicted molar refractivity (Wildman–Crippen MR) is 120 cm³/mol. The largest absolute Gasteiger partial charge is 0.475 e. The molecule has 2 fully saturated rings. The zero-order valence-electron chi connectivity index (χ0n) is 18.5. The molecule has 0 spiro atoms. The van der Waals surface area contributed by atoms with Crippen molar-refractivity contribution in [3.8, 4) is 5.88 Å². The number of likely N-dealkylation sites (tertiary alicyclic amines) is 1. The molecule has 3 unspecified atom stereocenters. The van der Waals surface area contributed by atoms with E-state index in [1.165, 1.54) is 6.42 Å². The summed E-state index contributed by atoms with van der Waals surface area (Å²) in [6, 6.07) is 12.7. The van der Waals surface area contributed by atoms with Crippen molar-refractivity contribution in [1.82, 2.24) is 15.2 Å². The van der Waals surface area contributed by atoms with Gasteiger partial charge in [-0.25, -0.2) is 4.98 Å². The number of carbonyl (C=O) groups is 2. The van der Waals surface area contributed by atoms with Gasteiger partial charge < -0.3 is 19.7 Å². The lowest BCUT2D eigenvalue weighted by molar-refractivity contribution is -0.125. The molecule has 1 aliphatic heterocycles. The van der Waals surface area contributed by atoms with E-state index in [2.05, 4.69) is 10.3 Å². The standard InChI is InChI=1S/C25H31N3O4/c1-31-13-14-32-23-12-11-18(16-26-23)17-27-24(29)22-15-20-9-5-6-10-21(20)28(22)25(30)19-7-3-2-4-8-19/h2-4,7-8,11-12,16,20-22H,5-6,9-10,13-15,17H2,1H3,(H,27,29). The average molecular weight is 438 g/mol. The first kappa shape index (κ1) is 22.3. The van der Waals surface area contributed by atoms with Crippen molar-refractivity contribution in [2.75, 3.05) is 20.3 Å². The molecular weight excluding hydrogens is 406 g/mol. The molecule has 2 amide bonds. The second kappa shape index (κ2) is 10.6. The Balaban J connectivity index is 1.41. The van der Waals surface area contributed by atoms with E-state index in [1.54, 1.807) is 19.4 Å². The molecule has 170 valence electrons. The van der Waals surface area contributed by atoms with Crippen LogP contribution in [0.5, 0.6) is 5.88 Å². The number of benzene rings is 1. The number of methoxy groups -OCH3 is 1. The van der Waals surface area contributed by atoms with Crippen LogP contribution in [0.4, 0.5) is 0 Å². The molecule has 2 heterocycles. The number of hydrogen-bond donors (Lipinski definition) is 1. The van der Waals surface area contributed by atoms with Crippen molar-refractivity contribution < 1.29 is 19.1 Å². The van der Waals surface area contributed by atoms with Gasteiger partial charge in [-0.2, -0.15) is 0 Å². The van der Waals surface area contributed by atoms with E-state index in [0.29, 0.717) is 37.1 Å². The number of amides is 2. The molecule has 1 saturated heterocycles. The van der Waals surface area contributed by atoms with Gasteiger partial charge in [-0.1, -0.05) is 37.1 Å². The molecule has 0 bridgehead atoms. The maximum Gasteiger partial charge on any atom is 0.254 e. The first-order chi connectivity index (χ1) is 15.7. The number of aromatic nitrogens is 1. The van der Waals surface area contributed by atoms with E-state index in [0.717, 1.165) is 31.2 Å². The van der Waals surface area contributed by atoms with Gasteiger partial charge in [0, 0.05) is 37.5 Å².